The number of rotatable bonds is 3. The molecule has 0 aliphatic rings. The normalized spacial score (nSPS) is 10.6. The van der Waals surface area contributed by atoms with E-state index in [9.17, 15) is 0 Å². The van der Waals surface area contributed by atoms with Crippen molar-refractivity contribution < 1.29 is 0 Å². The van der Waals surface area contributed by atoms with E-state index < -0.39 is 0 Å². The smallest absolute Gasteiger partial charge is 0.149 e. The summed E-state index contributed by atoms with van der Waals surface area (Å²) in [5.41, 5.74) is 2.06. The van der Waals surface area contributed by atoms with E-state index in [0.717, 1.165) is 26.2 Å². The highest BCUT2D eigenvalue weighted by molar-refractivity contribution is 7.14. The van der Waals surface area contributed by atoms with Crippen molar-refractivity contribution in [1.29, 1.82) is 0 Å². The van der Waals surface area contributed by atoms with Gasteiger partial charge in [-0.1, -0.05) is 41.1 Å². The molecule has 5 heteroatoms. The number of benzene rings is 1. The molecule has 0 saturated carbocycles. The van der Waals surface area contributed by atoms with Crippen LogP contribution in [0.25, 0.3) is 10.6 Å². The molecule has 94 valence electrons. The van der Waals surface area contributed by atoms with Crippen molar-refractivity contribution in [3.05, 3.63) is 64.4 Å². The highest BCUT2D eigenvalue weighted by atomic mass is 35.5. The fourth-order valence-corrected chi connectivity index (χ4v) is 2.79. The molecular formula is C14H10ClN3S. The third-order valence-electron chi connectivity index (χ3n) is 2.67. The van der Waals surface area contributed by atoms with Gasteiger partial charge < -0.3 is 0 Å². The molecule has 0 unspecified atom stereocenters. The highest BCUT2D eigenvalue weighted by Gasteiger charge is 2.08. The molecule has 3 aromatic rings. The van der Waals surface area contributed by atoms with Crippen molar-refractivity contribution in [1.82, 2.24) is 15.2 Å². The molecule has 0 amide bonds. The lowest BCUT2D eigenvalue weighted by molar-refractivity contribution is 1.01. The van der Waals surface area contributed by atoms with Gasteiger partial charge in [0.1, 0.15) is 10.0 Å². The SMILES string of the molecule is Clc1ccccc1Cc1nnc(-c2cccnc2)s1. The van der Waals surface area contributed by atoms with Gasteiger partial charge in [-0.25, -0.2) is 0 Å². The third-order valence-corrected chi connectivity index (χ3v) is 4.02. The van der Waals surface area contributed by atoms with E-state index in [-0.39, 0.29) is 0 Å². The number of nitrogens with zero attached hydrogens (tertiary/aromatic N) is 3. The first-order valence-electron chi connectivity index (χ1n) is 5.79. The minimum absolute atomic E-state index is 0.706. The quantitative estimate of drug-likeness (QED) is 0.734. The Kier molecular flexibility index (Phi) is 3.53. The number of halogens is 1. The first-order chi connectivity index (χ1) is 9.33. The first kappa shape index (κ1) is 12.3. The molecule has 0 spiro atoms. The second-order valence-corrected chi connectivity index (χ2v) is 5.48. The van der Waals surface area contributed by atoms with Gasteiger partial charge in [0, 0.05) is 29.4 Å². The van der Waals surface area contributed by atoms with Crippen LogP contribution in [0.1, 0.15) is 10.6 Å². The second-order valence-electron chi connectivity index (χ2n) is 4.01. The minimum atomic E-state index is 0.706. The van der Waals surface area contributed by atoms with Crippen LogP contribution in [0, 0.1) is 0 Å². The van der Waals surface area contributed by atoms with Crippen molar-refractivity contribution >= 4 is 22.9 Å². The molecule has 3 nitrogen and oxygen atoms in total. The van der Waals surface area contributed by atoms with E-state index in [2.05, 4.69) is 15.2 Å². The molecule has 2 aromatic heterocycles. The van der Waals surface area contributed by atoms with Gasteiger partial charge in [0.05, 0.1) is 0 Å². The van der Waals surface area contributed by atoms with Crippen LogP contribution in [0.15, 0.2) is 48.8 Å². The van der Waals surface area contributed by atoms with Crippen LogP contribution in [0.3, 0.4) is 0 Å². The van der Waals surface area contributed by atoms with Gasteiger partial charge in [-0.05, 0) is 23.8 Å². The topological polar surface area (TPSA) is 38.7 Å². The Morgan fingerprint density at radius 3 is 2.74 bits per heavy atom. The average molecular weight is 288 g/mol. The molecule has 0 radical (unpaired) electrons. The first-order valence-corrected chi connectivity index (χ1v) is 6.98. The summed E-state index contributed by atoms with van der Waals surface area (Å²) in [6.45, 7) is 0. The maximum absolute atomic E-state index is 6.14. The van der Waals surface area contributed by atoms with Crippen LogP contribution in [0.4, 0.5) is 0 Å². The fraction of sp³-hybridized carbons (Fsp3) is 0.0714. The minimum Gasteiger partial charge on any atom is -0.264 e. The monoisotopic (exact) mass is 287 g/mol. The molecule has 0 aliphatic heterocycles. The van der Waals surface area contributed by atoms with Gasteiger partial charge >= 0.3 is 0 Å². The summed E-state index contributed by atoms with van der Waals surface area (Å²) in [6, 6.07) is 11.7. The van der Waals surface area contributed by atoms with Gasteiger partial charge in [0.15, 0.2) is 0 Å². The van der Waals surface area contributed by atoms with E-state index in [0.29, 0.717) is 6.42 Å². The van der Waals surface area contributed by atoms with Gasteiger partial charge in [0.25, 0.3) is 0 Å². The Balaban J connectivity index is 1.85. The molecular weight excluding hydrogens is 278 g/mol. The highest BCUT2D eigenvalue weighted by Crippen LogP contribution is 2.25. The fourth-order valence-electron chi connectivity index (χ4n) is 1.74. The Morgan fingerprint density at radius 2 is 1.95 bits per heavy atom. The summed E-state index contributed by atoms with van der Waals surface area (Å²) in [6.07, 6.45) is 4.24. The molecule has 0 aliphatic carbocycles. The summed E-state index contributed by atoms with van der Waals surface area (Å²) in [5.74, 6) is 0. The maximum atomic E-state index is 6.14. The van der Waals surface area contributed by atoms with Crippen LogP contribution in [0.5, 0.6) is 0 Å². The van der Waals surface area contributed by atoms with E-state index in [1.807, 2.05) is 36.4 Å². The summed E-state index contributed by atoms with van der Waals surface area (Å²) < 4.78 is 0. The lowest BCUT2D eigenvalue weighted by Crippen LogP contribution is -1.88. The van der Waals surface area contributed by atoms with Crippen molar-refractivity contribution in [2.24, 2.45) is 0 Å². The lowest BCUT2D eigenvalue weighted by atomic mass is 10.2. The maximum Gasteiger partial charge on any atom is 0.149 e. The van der Waals surface area contributed by atoms with Crippen LogP contribution in [-0.2, 0) is 6.42 Å². The molecule has 0 N–H and O–H groups in total. The largest absolute Gasteiger partial charge is 0.264 e. The zero-order valence-corrected chi connectivity index (χ0v) is 11.5. The van der Waals surface area contributed by atoms with Crippen LogP contribution in [-0.4, -0.2) is 15.2 Å². The van der Waals surface area contributed by atoms with Gasteiger partial charge in [0.2, 0.25) is 0 Å². The predicted octanol–water partition coefficient (Wildman–Crippen LogP) is 3.84. The van der Waals surface area contributed by atoms with Gasteiger partial charge in [-0.15, -0.1) is 10.2 Å². The molecule has 0 saturated heterocycles. The number of hydrogen-bond acceptors (Lipinski definition) is 4. The zero-order chi connectivity index (χ0) is 13.1. The molecule has 3 rings (SSSR count). The molecule has 1 aromatic carbocycles. The van der Waals surface area contributed by atoms with Crippen molar-refractivity contribution in [3.8, 4) is 10.6 Å². The van der Waals surface area contributed by atoms with Crippen LogP contribution >= 0.6 is 22.9 Å². The Bertz CT molecular complexity index is 682. The average Bonchev–Trinajstić information content (AvgIpc) is 2.91. The zero-order valence-electron chi connectivity index (χ0n) is 9.95. The van der Waals surface area contributed by atoms with Crippen LogP contribution in [0.2, 0.25) is 5.02 Å². The molecule has 19 heavy (non-hydrogen) atoms. The molecule has 0 atom stereocenters. The molecule has 0 bridgehead atoms. The van der Waals surface area contributed by atoms with Gasteiger partial charge in [-0.3, -0.25) is 4.98 Å². The predicted molar refractivity (Wildman–Crippen MR) is 77.4 cm³/mol. The number of hydrogen-bond donors (Lipinski definition) is 0. The summed E-state index contributed by atoms with van der Waals surface area (Å²) in [5, 5.41) is 11.0. The summed E-state index contributed by atoms with van der Waals surface area (Å²) in [4.78, 5) is 4.09. The number of pyridine rings is 1. The van der Waals surface area contributed by atoms with E-state index in [4.69, 9.17) is 11.6 Å². The van der Waals surface area contributed by atoms with Gasteiger partial charge in [-0.2, -0.15) is 0 Å². The molecule has 2 heterocycles. The summed E-state index contributed by atoms with van der Waals surface area (Å²) >= 11 is 7.71. The van der Waals surface area contributed by atoms with E-state index in [1.165, 1.54) is 0 Å². The van der Waals surface area contributed by atoms with Crippen molar-refractivity contribution in [3.63, 3.8) is 0 Å². The Hall–Kier alpha value is -1.78. The third kappa shape index (κ3) is 2.80. The Labute approximate surface area is 119 Å². The second kappa shape index (κ2) is 5.47. The number of aromatic nitrogens is 3. The molecule has 0 fully saturated rings. The van der Waals surface area contributed by atoms with E-state index in [1.54, 1.807) is 23.7 Å². The van der Waals surface area contributed by atoms with Crippen molar-refractivity contribution in [2.75, 3.05) is 0 Å². The van der Waals surface area contributed by atoms with Crippen molar-refractivity contribution in [2.45, 2.75) is 6.42 Å². The lowest BCUT2D eigenvalue weighted by Gasteiger charge is -1.99. The van der Waals surface area contributed by atoms with Crippen LogP contribution < -0.4 is 0 Å². The standard InChI is InChI=1S/C14H10ClN3S/c15-12-6-2-1-4-10(12)8-13-17-18-14(19-13)11-5-3-7-16-9-11/h1-7,9H,8H2. The summed E-state index contributed by atoms with van der Waals surface area (Å²) in [7, 11) is 0. The van der Waals surface area contributed by atoms with E-state index >= 15 is 0 Å². The Morgan fingerprint density at radius 1 is 1.05 bits per heavy atom.